The molecule has 8 heteroatoms. The minimum absolute atomic E-state index is 0.0350. The Morgan fingerprint density at radius 3 is 2.85 bits per heavy atom. The van der Waals surface area contributed by atoms with Crippen molar-refractivity contribution in [2.75, 3.05) is 25.5 Å². The predicted octanol–water partition coefficient (Wildman–Crippen LogP) is 0.438. The molecule has 1 aromatic heterocycles. The Kier molecular flexibility index (Phi) is 5.02. The predicted molar refractivity (Wildman–Crippen MR) is 74.4 cm³/mol. The van der Waals surface area contributed by atoms with Gasteiger partial charge in [0.2, 0.25) is 11.0 Å². The van der Waals surface area contributed by atoms with E-state index in [0.29, 0.717) is 22.5 Å². The molecule has 0 saturated carbocycles. The first kappa shape index (κ1) is 14.9. The summed E-state index contributed by atoms with van der Waals surface area (Å²) in [6, 6.07) is 0. The molecule has 1 saturated heterocycles. The van der Waals surface area contributed by atoms with E-state index in [1.807, 2.05) is 6.92 Å². The van der Waals surface area contributed by atoms with Crippen LogP contribution in [0.3, 0.4) is 0 Å². The summed E-state index contributed by atoms with van der Waals surface area (Å²) in [5.41, 5.74) is 0. The maximum Gasteiger partial charge on any atom is 0.305 e. The fourth-order valence-corrected chi connectivity index (χ4v) is 2.56. The Morgan fingerprint density at radius 1 is 1.50 bits per heavy atom. The Bertz CT molecular complexity index is 487. The third-order valence-corrected chi connectivity index (χ3v) is 4.30. The van der Waals surface area contributed by atoms with Gasteiger partial charge in [-0.05, 0) is 19.0 Å². The van der Waals surface area contributed by atoms with E-state index in [-0.39, 0.29) is 24.2 Å². The molecule has 0 aromatic carbocycles. The maximum atomic E-state index is 12.0. The number of rotatable bonds is 6. The van der Waals surface area contributed by atoms with Crippen molar-refractivity contribution < 1.29 is 14.3 Å². The third kappa shape index (κ3) is 3.73. The smallest absolute Gasteiger partial charge is 0.305 e. The number of aryl methyl sites for hydroxylation is 1. The van der Waals surface area contributed by atoms with Gasteiger partial charge in [0, 0.05) is 12.3 Å². The van der Waals surface area contributed by atoms with Crippen LogP contribution in [-0.4, -0.2) is 42.3 Å². The van der Waals surface area contributed by atoms with Gasteiger partial charge in [-0.2, -0.15) is 0 Å². The van der Waals surface area contributed by atoms with Gasteiger partial charge in [0.25, 0.3) is 0 Å². The molecule has 20 heavy (non-hydrogen) atoms. The first-order valence-electron chi connectivity index (χ1n) is 6.51. The molecule has 1 fully saturated rings. The number of methoxy groups -OCH3 is 1. The van der Waals surface area contributed by atoms with Crippen LogP contribution in [0.15, 0.2) is 0 Å². The van der Waals surface area contributed by atoms with Crippen LogP contribution in [0.4, 0.5) is 5.13 Å². The number of anilines is 1. The molecular weight excluding hydrogens is 280 g/mol. The van der Waals surface area contributed by atoms with Gasteiger partial charge >= 0.3 is 5.97 Å². The molecule has 2 rings (SSSR count). The second-order valence-corrected chi connectivity index (χ2v) is 5.84. The molecule has 1 aliphatic heterocycles. The lowest BCUT2D eigenvalue weighted by Crippen LogP contribution is -2.48. The highest BCUT2D eigenvalue weighted by molar-refractivity contribution is 7.15. The molecule has 1 amide bonds. The summed E-state index contributed by atoms with van der Waals surface area (Å²) in [4.78, 5) is 23.0. The lowest BCUT2D eigenvalue weighted by Gasteiger charge is -2.31. The minimum Gasteiger partial charge on any atom is -0.469 e. The van der Waals surface area contributed by atoms with E-state index in [1.165, 1.54) is 18.4 Å². The lowest BCUT2D eigenvalue weighted by molar-refractivity contribution is -0.140. The average molecular weight is 298 g/mol. The van der Waals surface area contributed by atoms with Crippen LogP contribution in [0.1, 0.15) is 18.4 Å². The number of hydrogen-bond acceptors (Lipinski definition) is 7. The zero-order valence-electron chi connectivity index (χ0n) is 11.5. The SMILES string of the molecule is COC(=O)CCc1nnc(NC(=O)C(C)C2CNC2)s1. The summed E-state index contributed by atoms with van der Waals surface area (Å²) in [5.74, 6) is 0.0319. The summed E-state index contributed by atoms with van der Waals surface area (Å²) < 4.78 is 4.56. The van der Waals surface area contributed by atoms with E-state index in [2.05, 4.69) is 25.6 Å². The van der Waals surface area contributed by atoms with Crippen molar-refractivity contribution in [3.05, 3.63) is 5.01 Å². The van der Waals surface area contributed by atoms with Gasteiger partial charge in [-0.3, -0.25) is 9.59 Å². The Hall–Kier alpha value is -1.54. The quantitative estimate of drug-likeness (QED) is 0.740. The van der Waals surface area contributed by atoms with Gasteiger partial charge in [-0.25, -0.2) is 0 Å². The van der Waals surface area contributed by atoms with Crippen LogP contribution in [0.5, 0.6) is 0 Å². The standard InChI is InChI=1S/C12H18N4O3S/c1-7(8-5-13-6-8)11(18)14-12-16-15-9(20-12)3-4-10(17)19-2/h7-8,13H,3-6H2,1-2H3,(H,14,16,18). The fraction of sp³-hybridized carbons (Fsp3) is 0.667. The third-order valence-electron chi connectivity index (χ3n) is 3.40. The molecule has 0 bridgehead atoms. The van der Waals surface area contributed by atoms with Crippen LogP contribution >= 0.6 is 11.3 Å². The number of carbonyl (C=O) groups excluding carboxylic acids is 2. The highest BCUT2D eigenvalue weighted by atomic mass is 32.1. The second kappa shape index (κ2) is 6.76. The van der Waals surface area contributed by atoms with Crippen molar-refractivity contribution >= 4 is 28.3 Å². The molecule has 7 nitrogen and oxygen atoms in total. The van der Waals surface area contributed by atoms with Crippen molar-refractivity contribution in [2.24, 2.45) is 11.8 Å². The number of amides is 1. The van der Waals surface area contributed by atoms with E-state index in [4.69, 9.17) is 0 Å². The van der Waals surface area contributed by atoms with Crippen molar-refractivity contribution in [3.8, 4) is 0 Å². The summed E-state index contributed by atoms with van der Waals surface area (Å²) in [6.07, 6.45) is 0.742. The highest BCUT2D eigenvalue weighted by Gasteiger charge is 2.29. The summed E-state index contributed by atoms with van der Waals surface area (Å²) in [7, 11) is 1.35. The van der Waals surface area contributed by atoms with Gasteiger partial charge in [0.1, 0.15) is 5.01 Å². The topological polar surface area (TPSA) is 93.2 Å². The van der Waals surface area contributed by atoms with Crippen LogP contribution < -0.4 is 10.6 Å². The van der Waals surface area contributed by atoms with Crippen molar-refractivity contribution in [1.29, 1.82) is 0 Å². The number of carbonyl (C=O) groups is 2. The van der Waals surface area contributed by atoms with Gasteiger partial charge in [-0.15, -0.1) is 10.2 Å². The van der Waals surface area contributed by atoms with Crippen LogP contribution in [0, 0.1) is 11.8 Å². The number of ether oxygens (including phenoxy) is 1. The van der Waals surface area contributed by atoms with E-state index in [0.717, 1.165) is 13.1 Å². The molecule has 1 atom stereocenters. The molecule has 1 aromatic rings. The Labute approximate surface area is 121 Å². The summed E-state index contributed by atoms with van der Waals surface area (Å²) in [5, 5.41) is 15.0. The Morgan fingerprint density at radius 2 is 2.25 bits per heavy atom. The van der Waals surface area contributed by atoms with Gasteiger partial charge in [0.05, 0.1) is 13.5 Å². The van der Waals surface area contributed by atoms with E-state index < -0.39 is 0 Å². The molecule has 0 radical (unpaired) electrons. The monoisotopic (exact) mass is 298 g/mol. The molecule has 1 aliphatic rings. The summed E-state index contributed by atoms with van der Waals surface area (Å²) in [6.45, 7) is 3.68. The van der Waals surface area contributed by atoms with Gasteiger partial charge in [-0.1, -0.05) is 18.3 Å². The summed E-state index contributed by atoms with van der Waals surface area (Å²) >= 11 is 1.29. The zero-order valence-corrected chi connectivity index (χ0v) is 12.3. The molecule has 2 heterocycles. The molecule has 1 unspecified atom stereocenters. The number of aromatic nitrogens is 2. The van der Waals surface area contributed by atoms with E-state index >= 15 is 0 Å². The molecule has 0 spiro atoms. The van der Waals surface area contributed by atoms with Crippen LogP contribution in [0.25, 0.3) is 0 Å². The number of nitrogens with one attached hydrogen (secondary N) is 2. The first-order valence-corrected chi connectivity index (χ1v) is 7.32. The number of nitrogens with zero attached hydrogens (tertiary/aromatic N) is 2. The molecule has 2 N–H and O–H groups in total. The number of hydrogen-bond donors (Lipinski definition) is 2. The fourth-order valence-electron chi connectivity index (χ4n) is 1.81. The number of esters is 1. The molecule has 0 aliphatic carbocycles. The van der Waals surface area contributed by atoms with Crippen molar-refractivity contribution in [3.63, 3.8) is 0 Å². The normalized spacial score (nSPS) is 16.3. The zero-order chi connectivity index (χ0) is 14.5. The highest BCUT2D eigenvalue weighted by Crippen LogP contribution is 2.21. The first-order chi connectivity index (χ1) is 9.60. The van der Waals surface area contributed by atoms with E-state index in [1.54, 1.807) is 0 Å². The maximum absolute atomic E-state index is 12.0. The van der Waals surface area contributed by atoms with Crippen molar-refractivity contribution in [2.45, 2.75) is 19.8 Å². The lowest BCUT2D eigenvalue weighted by atomic mass is 9.88. The van der Waals surface area contributed by atoms with Gasteiger partial charge < -0.3 is 15.4 Å². The van der Waals surface area contributed by atoms with Crippen molar-refractivity contribution in [1.82, 2.24) is 15.5 Å². The van der Waals surface area contributed by atoms with Gasteiger partial charge in [0.15, 0.2) is 0 Å². The molecule has 110 valence electrons. The minimum atomic E-state index is -0.281. The second-order valence-electron chi connectivity index (χ2n) is 4.77. The Balaban J connectivity index is 1.82. The molecular formula is C12H18N4O3S. The van der Waals surface area contributed by atoms with Crippen LogP contribution in [-0.2, 0) is 20.7 Å². The largest absolute Gasteiger partial charge is 0.469 e. The van der Waals surface area contributed by atoms with E-state index in [9.17, 15) is 9.59 Å². The average Bonchev–Trinajstić information content (AvgIpc) is 2.81. The van der Waals surface area contributed by atoms with Crippen LogP contribution in [0.2, 0.25) is 0 Å².